The van der Waals surface area contributed by atoms with Gasteiger partial charge in [-0.05, 0) is 49.6 Å². The Hall–Kier alpha value is -2.18. The number of carbonyl (C=O) groups excluding carboxylic acids is 1. The second-order valence-corrected chi connectivity index (χ2v) is 7.70. The molecule has 0 amide bonds. The lowest BCUT2D eigenvalue weighted by atomic mass is 10.1. The molecule has 25 heavy (non-hydrogen) atoms. The Balaban J connectivity index is 1.86. The van der Waals surface area contributed by atoms with Gasteiger partial charge in [-0.1, -0.05) is 36.4 Å². The van der Waals surface area contributed by atoms with E-state index in [9.17, 15) is 13.2 Å². The second-order valence-electron chi connectivity index (χ2n) is 5.94. The molecule has 134 valence electrons. The number of rotatable bonds is 7. The average molecular weight is 361 g/mol. The normalized spacial score (nSPS) is 12.6. The number of sulfonamides is 1. The highest BCUT2D eigenvalue weighted by molar-refractivity contribution is 7.89. The zero-order valence-electron chi connectivity index (χ0n) is 14.7. The summed E-state index contributed by atoms with van der Waals surface area (Å²) in [6.45, 7) is 5.56. The van der Waals surface area contributed by atoms with E-state index >= 15 is 0 Å². The highest BCUT2D eigenvalue weighted by Crippen LogP contribution is 2.17. The number of nitrogens with one attached hydrogen (secondary N) is 1. The van der Waals surface area contributed by atoms with Crippen LogP contribution < -0.4 is 4.72 Å². The van der Waals surface area contributed by atoms with E-state index in [1.54, 1.807) is 25.1 Å². The van der Waals surface area contributed by atoms with E-state index in [-0.39, 0.29) is 24.0 Å². The van der Waals surface area contributed by atoms with E-state index in [2.05, 4.69) is 4.72 Å². The first-order valence-corrected chi connectivity index (χ1v) is 9.59. The fourth-order valence-corrected chi connectivity index (χ4v) is 3.42. The summed E-state index contributed by atoms with van der Waals surface area (Å²) in [6.07, 6.45) is -0.397. The van der Waals surface area contributed by atoms with Gasteiger partial charge in [0.25, 0.3) is 0 Å². The van der Waals surface area contributed by atoms with Crippen LogP contribution in [0.25, 0.3) is 0 Å². The minimum absolute atomic E-state index is 0.00436. The first-order valence-electron chi connectivity index (χ1n) is 8.11. The summed E-state index contributed by atoms with van der Waals surface area (Å²) in [5.74, 6) is -0.445. The van der Waals surface area contributed by atoms with Crippen molar-refractivity contribution < 1.29 is 17.9 Å². The third-order valence-electron chi connectivity index (χ3n) is 3.99. The smallest absolute Gasteiger partial charge is 0.307 e. The average Bonchev–Trinajstić information content (AvgIpc) is 2.57. The molecule has 0 heterocycles. The molecule has 1 unspecified atom stereocenters. The lowest BCUT2D eigenvalue weighted by molar-refractivity contribution is -0.148. The lowest BCUT2D eigenvalue weighted by Crippen LogP contribution is -2.27. The highest BCUT2D eigenvalue weighted by Gasteiger charge is 2.16. The molecule has 0 aliphatic rings. The first kappa shape index (κ1) is 19.1. The van der Waals surface area contributed by atoms with Crippen LogP contribution in [0.3, 0.4) is 0 Å². The van der Waals surface area contributed by atoms with Crippen LogP contribution in [0.1, 0.15) is 36.1 Å². The van der Waals surface area contributed by atoms with Gasteiger partial charge in [0.05, 0.1) is 11.3 Å². The molecule has 0 aliphatic heterocycles. The van der Waals surface area contributed by atoms with E-state index in [0.29, 0.717) is 0 Å². The van der Waals surface area contributed by atoms with Gasteiger partial charge >= 0.3 is 5.97 Å². The molecular formula is C19H23NO4S. The van der Waals surface area contributed by atoms with Crippen LogP contribution in [0.2, 0.25) is 0 Å². The molecule has 0 radical (unpaired) electrons. The number of benzene rings is 2. The number of esters is 1. The van der Waals surface area contributed by atoms with Gasteiger partial charge in [-0.3, -0.25) is 4.79 Å². The van der Waals surface area contributed by atoms with Crippen molar-refractivity contribution in [1.82, 2.24) is 4.72 Å². The van der Waals surface area contributed by atoms with Gasteiger partial charge in [-0.15, -0.1) is 0 Å². The summed E-state index contributed by atoms with van der Waals surface area (Å²) in [5.41, 5.74) is 2.82. The molecule has 0 spiro atoms. The van der Waals surface area contributed by atoms with Gasteiger partial charge in [0, 0.05) is 6.54 Å². The molecule has 6 heteroatoms. The van der Waals surface area contributed by atoms with E-state index in [4.69, 9.17) is 4.74 Å². The maximum Gasteiger partial charge on any atom is 0.307 e. The minimum Gasteiger partial charge on any atom is -0.458 e. The van der Waals surface area contributed by atoms with Gasteiger partial charge in [0.2, 0.25) is 10.0 Å². The highest BCUT2D eigenvalue weighted by atomic mass is 32.2. The van der Waals surface area contributed by atoms with Gasteiger partial charge in [-0.25, -0.2) is 13.1 Å². The molecule has 2 aromatic carbocycles. The van der Waals surface area contributed by atoms with Crippen LogP contribution in [0.4, 0.5) is 0 Å². The van der Waals surface area contributed by atoms with Crippen molar-refractivity contribution in [2.24, 2.45) is 0 Å². The molecule has 0 aromatic heterocycles. The molecule has 5 nitrogen and oxygen atoms in total. The van der Waals surface area contributed by atoms with Gasteiger partial charge in [0.1, 0.15) is 6.10 Å². The van der Waals surface area contributed by atoms with Crippen LogP contribution in [0.15, 0.2) is 53.4 Å². The zero-order valence-corrected chi connectivity index (χ0v) is 15.5. The van der Waals surface area contributed by atoms with Crippen molar-refractivity contribution in [3.63, 3.8) is 0 Å². The summed E-state index contributed by atoms with van der Waals surface area (Å²) in [7, 11) is -3.63. The van der Waals surface area contributed by atoms with E-state index < -0.39 is 16.0 Å². The summed E-state index contributed by atoms with van der Waals surface area (Å²) in [4.78, 5) is 12.1. The van der Waals surface area contributed by atoms with E-state index in [1.165, 1.54) is 0 Å². The van der Waals surface area contributed by atoms with Gasteiger partial charge in [0.15, 0.2) is 0 Å². The SMILES string of the molecule is Cc1ccc(S(=O)(=O)NCCC(=O)OC(C)c2ccccc2)cc1C. The number of ether oxygens (including phenoxy) is 1. The van der Waals surface area contributed by atoms with Crippen molar-refractivity contribution in [1.29, 1.82) is 0 Å². The van der Waals surface area contributed by atoms with Crippen LogP contribution in [0, 0.1) is 13.8 Å². The topological polar surface area (TPSA) is 72.5 Å². The van der Waals surface area contributed by atoms with Crippen molar-refractivity contribution >= 4 is 16.0 Å². The fraction of sp³-hybridized carbons (Fsp3) is 0.316. The van der Waals surface area contributed by atoms with Crippen LogP contribution >= 0.6 is 0 Å². The van der Waals surface area contributed by atoms with Crippen LogP contribution in [-0.4, -0.2) is 20.9 Å². The number of hydrogen-bond acceptors (Lipinski definition) is 4. The lowest BCUT2D eigenvalue weighted by Gasteiger charge is -2.14. The van der Waals surface area contributed by atoms with E-state index in [0.717, 1.165) is 16.7 Å². The van der Waals surface area contributed by atoms with Crippen molar-refractivity contribution in [3.8, 4) is 0 Å². The zero-order chi connectivity index (χ0) is 18.4. The summed E-state index contributed by atoms with van der Waals surface area (Å²) >= 11 is 0. The number of hydrogen-bond donors (Lipinski definition) is 1. The molecule has 0 bridgehead atoms. The number of aryl methyl sites for hydroxylation is 2. The third-order valence-corrected chi connectivity index (χ3v) is 5.45. The maximum absolute atomic E-state index is 12.3. The van der Waals surface area contributed by atoms with Crippen LogP contribution in [-0.2, 0) is 19.6 Å². The summed E-state index contributed by atoms with van der Waals surface area (Å²) < 4.78 is 32.3. The monoisotopic (exact) mass is 361 g/mol. The molecule has 0 fully saturated rings. The van der Waals surface area contributed by atoms with Crippen molar-refractivity contribution in [3.05, 3.63) is 65.2 Å². The molecule has 0 saturated carbocycles. The maximum atomic E-state index is 12.3. The van der Waals surface area contributed by atoms with E-state index in [1.807, 2.05) is 44.2 Å². The van der Waals surface area contributed by atoms with Gasteiger partial charge < -0.3 is 4.74 Å². The Morgan fingerprint density at radius 1 is 1.08 bits per heavy atom. The molecule has 0 saturated heterocycles. The second kappa shape index (κ2) is 8.27. The van der Waals surface area contributed by atoms with Crippen molar-refractivity contribution in [2.75, 3.05) is 6.54 Å². The fourth-order valence-electron chi connectivity index (χ4n) is 2.30. The molecule has 0 aliphatic carbocycles. The predicted molar refractivity (Wildman–Crippen MR) is 96.7 cm³/mol. The first-order chi connectivity index (χ1) is 11.8. The predicted octanol–water partition coefficient (Wildman–Crippen LogP) is 3.28. The Kier molecular flexibility index (Phi) is 6.33. The van der Waals surface area contributed by atoms with Crippen LogP contribution in [0.5, 0.6) is 0 Å². The Morgan fingerprint density at radius 3 is 2.40 bits per heavy atom. The minimum atomic E-state index is -3.63. The Labute approximate surface area is 149 Å². The van der Waals surface area contributed by atoms with Crippen molar-refractivity contribution in [2.45, 2.75) is 38.2 Å². The quantitative estimate of drug-likeness (QED) is 0.768. The molecule has 1 atom stereocenters. The Morgan fingerprint density at radius 2 is 1.76 bits per heavy atom. The summed E-state index contributed by atoms with van der Waals surface area (Å²) in [5, 5.41) is 0. The largest absolute Gasteiger partial charge is 0.458 e. The number of carbonyl (C=O) groups is 1. The molecular weight excluding hydrogens is 338 g/mol. The molecule has 2 rings (SSSR count). The molecule has 2 aromatic rings. The standard InChI is InChI=1S/C19H23NO4S/c1-14-9-10-18(13-15(14)2)25(22,23)20-12-11-19(21)24-16(3)17-7-5-4-6-8-17/h4-10,13,16,20H,11-12H2,1-3H3. The Bertz CT molecular complexity index is 832. The molecule has 1 N–H and O–H groups in total. The van der Waals surface area contributed by atoms with Gasteiger partial charge in [-0.2, -0.15) is 0 Å². The summed E-state index contributed by atoms with van der Waals surface area (Å²) in [6, 6.07) is 14.3. The third kappa shape index (κ3) is 5.41.